The highest BCUT2D eigenvalue weighted by Crippen LogP contribution is 2.66. The number of carbonyl (C=O) groups excluding carboxylic acids is 1. The summed E-state index contributed by atoms with van der Waals surface area (Å²) in [6.07, 6.45) is 2.76. The van der Waals surface area contributed by atoms with Crippen LogP contribution in [0.3, 0.4) is 0 Å². The van der Waals surface area contributed by atoms with Crippen molar-refractivity contribution in [2.45, 2.75) is 83.6 Å². The standard InChI is InChI=1S/C26H38F2N2O/c1-4-8-18-13-25(19-9-6-5-7-10-19)15-20(22(27)28)26(14-18,16-25)23(31)30-12-11-21(29)24(2,3)17-30/h5-7,9-10,18,20-22H,4,8,11-17,29H2,1-3H3/t18-,20?,21+,25?,26?/m1/s1. The molecular formula is C26H38F2N2O. The fraction of sp³-hybridized carbons (Fsp3) is 0.731. The van der Waals surface area contributed by atoms with Crippen LogP contribution < -0.4 is 5.73 Å². The first-order valence-corrected chi connectivity index (χ1v) is 12.0. The minimum Gasteiger partial charge on any atom is -0.342 e. The maximum Gasteiger partial charge on any atom is 0.242 e. The molecule has 3 unspecified atom stereocenters. The van der Waals surface area contributed by atoms with Crippen LogP contribution in [0.25, 0.3) is 0 Å². The molecule has 1 amide bonds. The Morgan fingerprint density at radius 1 is 1.19 bits per heavy atom. The second kappa shape index (κ2) is 8.13. The summed E-state index contributed by atoms with van der Waals surface area (Å²) >= 11 is 0. The Labute approximate surface area is 185 Å². The molecule has 31 heavy (non-hydrogen) atoms. The largest absolute Gasteiger partial charge is 0.342 e. The van der Waals surface area contributed by atoms with Crippen molar-refractivity contribution < 1.29 is 13.6 Å². The second-order valence-electron chi connectivity index (χ2n) is 11.3. The van der Waals surface area contributed by atoms with E-state index in [9.17, 15) is 13.6 Å². The molecule has 5 heteroatoms. The van der Waals surface area contributed by atoms with E-state index >= 15 is 0 Å². The average molecular weight is 433 g/mol. The number of hydrogen-bond acceptors (Lipinski definition) is 2. The summed E-state index contributed by atoms with van der Waals surface area (Å²) in [6, 6.07) is 10.2. The molecule has 3 nitrogen and oxygen atoms in total. The first-order valence-electron chi connectivity index (χ1n) is 12.0. The number of nitrogens with zero attached hydrogens (tertiary/aromatic N) is 1. The molecule has 0 spiro atoms. The summed E-state index contributed by atoms with van der Waals surface area (Å²) in [7, 11) is 0. The Balaban J connectivity index is 1.75. The van der Waals surface area contributed by atoms with Crippen LogP contribution in [0.4, 0.5) is 8.78 Å². The predicted molar refractivity (Wildman–Crippen MR) is 120 cm³/mol. The SMILES string of the molecule is CCC[C@@H]1CC2(c3ccccc3)CC(C(F)F)C(C(=O)N3CC[C@H](N)C(C)(C)C3)(C1)C2. The van der Waals surface area contributed by atoms with Crippen molar-refractivity contribution in [2.75, 3.05) is 13.1 Å². The summed E-state index contributed by atoms with van der Waals surface area (Å²) in [6.45, 7) is 7.46. The molecule has 4 rings (SSSR count). The van der Waals surface area contributed by atoms with E-state index in [-0.39, 0.29) is 22.8 Å². The van der Waals surface area contributed by atoms with E-state index in [0.717, 1.165) is 31.2 Å². The summed E-state index contributed by atoms with van der Waals surface area (Å²) in [5, 5.41) is 0. The summed E-state index contributed by atoms with van der Waals surface area (Å²) in [4.78, 5) is 16.0. The van der Waals surface area contributed by atoms with Crippen LogP contribution in [0.2, 0.25) is 0 Å². The molecule has 1 heterocycles. The summed E-state index contributed by atoms with van der Waals surface area (Å²) in [5.74, 6) is -0.594. The lowest BCUT2D eigenvalue weighted by molar-refractivity contribution is -0.155. The molecule has 1 aromatic carbocycles. The van der Waals surface area contributed by atoms with Gasteiger partial charge in [0.25, 0.3) is 0 Å². The molecule has 1 aromatic rings. The third-order valence-electron chi connectivity index (χ3n) is 8.72. The zero-order chi connectivity index (χ0) is 22.4. The number of amides is 1. The molecular weight excluding hydrogens is 394 g/mol. The lowest BCUT2D eigenvalue weighted by atomic mass is 9.60. The van der Waals surface area contributed by atoms with Crippen molar-refractivity contribution in [2.24, 2.45) is 28.4 Å². The van der Waals surface area contributed by atoms with Gasteiger partial charge in [-0.2, -0.15) is 0 Å². The minimum atomic E-state index is -2.48. The Morgan fingerprint density at radius 3 is 2.52 bits per heavy atom. The zero-order valence-electron chi connectivity index (χ0n) is 19.2. The Kier molecular flexibility index (Phi) is 5.95. The Morgan fingerprint density at radius 2 is 1.90 bits per heavy atom. The second-order valence-corrected chi connectivity index (χ2v) is 11.3. The van der Waals surface area contributed by atoms with Crippen LogP contribution >= 0.6 is 0 Å². The van der Waals surface area contributed by atoms with Gasteiger partial charge in [-0.1, -0.05) is 63.9 Å². The number of fused-ring (bicyclic) bond motifs is 2. The predicted octanol–water partition coefficient (Wildman–Crippen LogP) is 5.38. The number of likely N-dealkylation sites (tertiary alicyclic amines) is 1. The lowest BCUT2D eigenvalue weighted by Gasteiger charge is -2.49. The summed E-state index contributed by atoms with van der Waals surface area (Å²) < 4.78 is 29.1. The topological polar surface area (TPSA) is 46.3 Å². The van der Waals surface area contributed by atoms with Crippen molar-refractivity contribution in [1.82, 2.24) is 4.90 Å². The molecule has 3 fully saturated rings. The first-order chi connectivity index (χ1) is 14.6. The van der Waals surface area contributed by atoms with Crippen molar-refractivity contribution in [3.05, 3.63) is 35.9 Å². The molecule has 0 radical (unpaired) electrons. The quantitative estimate of drug-likeness (QED) is 0.679. The maximum atomic E-state index is 14.6. The molecule has 3 aliphatic rings. The Hall–Kier alpha value is -1.49. The molecule has 2 N–H and O–H groups in total. The van der Waals surface area contributed by atoms with E-state index < -0.39 is 17.8 Å². The number of benzene rings is 1. The molecule has 1 aliphatic heterocycles. The van der Waals surface area contributed by atoms with Gasteiger partial charge in [0.2, 0.25) is 12.3 Å². The zero-order valence-corrected chi connectivity index (χ0v) is 19.2. The highest BCUT2D eigenvalue weighted by molar-refractivity contribution is 5.84. The van der Waals surface area contributed by atoms with Gasteiger partial charge < -0.3 is 10.6 Å². The Bertz CT molecular complexity index is 798. The van der Waals surface area contributed by atoms with Gasteiger partial charge in [-0.15, -0.1) is 0 Å². The van der Waals surface area contributed by atoms with E-state index in [2.05, 4.69) is 32.9 Å². The van der Waals surface area contributed by atoms with Gasteiger partial charge in [0.05, 0.1) is 5.41 Å². The van der Waals surface area contributed by atoms with Gasteiger partial charge in [0.15, 0.2) is 0 Å². The molecule has 0 aromatic heterocycles. The van der Waals surface area contributed by atoms with Gasteiger partial charge in [-0.3, -0.25) is 4.79 Å². The lowest BCUT2D eigenvalue weighted by Crippen LogP contribution is -2.58. The smallest absolute Gasteiger partial charge is 0.242 e. The normalized spacial score (nSPS) is 37.3. The van der Waals surface area contributed by atoms with Crippen LogP contribution in [0.1, 0.15) is 71.3 Å². The molecule has 5 atom stereocenters. The molecule has 2 saturated carbocycles. The fourth-order valence-electron chi connectivity index (χ4n) is 7.20. The van der Waals surface area contributed by atoms with E-state index in [1.54, 1.807) is 0 Å². The van der Waals surface area contributed by atoms with Gasteiger partial charge in [-0.05, 0) is 54.4 Å². The van der Waals surface area contributed by atoms with E-state index in [4.69, 9.17) is 5.73 Å². The monoisotopic (exact) mass is 432 g/mol. The number of nitrogens with two attached hydrogens (primary N) is 1. The van der Waals surface area contributed by atoms with E-state index in [0.29, 0.717) is 38.3 Å². The molecule has 1 saturated heterocycles. The number of hydrogen-bond donors (Lipinski definition) is 1. The van der Waals surface area contributed by atoms with Crippen molar-refractivity contribution in [3.63, 3.8) is 0 Å². The van der Waals surface area contributed by atoms with Crippen LogP contribution in [0.15, 0.2) is 30.3 Å². The van der Waals surface area contributed by atoms with Gasteiger partial charge in [-0.25, -0.2) is 8.78 Å². The van der Waals surface area contributed by atoms with Gasteiger partial charge in [0.1, 0.15) is 0 Å². The highest BCUT2D eigenvalue weighted by atomic mass is 19.3. The van der Waals surface area contributed by atoms with E-state index in [1.165, 1.54) is 0 Å². The molecule has 2 aliphatic carbocycles. The fourth-order valence-corrected chi connectivity index (χ4v) is 7.20. The van der Waals surface area contributed by atoms with Gasteiger partial charge in [0, 0.05) is 25.0 Å². The maximum absolute atomic E-state index is 14.6. The average Bonchev–Trinajstić information content (AvgIpc) is 2.99. The third kappa shape index (κ3) is 3.81. The highest BCUT2D eigenvalue weighted by Gasteiger charge is 2.66. The minimum absolute atomic E-state index is 0.0311. The first kappa shape index (κ1) is 22.7. The number of halogens is 2. The van der Waals surface area contributed by atoms with Gasteiger partial charge >= 0.3 is 0 Å². The third-order valence-corrected chi connectivity index (χ3v) is 8.72. The summed E-state index contributed by atoms with van der Waals surface area (Å²) in [5.41, 5.74) is 5.96. The van der Waals surface area contributed by atoms with Crippen molar-refractivity contribution in [1.29, 1.82) is 0 Å². The van der Waals surface area contributed by atoms with Crippen LogP contribution in [0.5, 0.6) is 0 Å². The molecule has 172 valence electrons. The van der Waals surface area contributed by atoms with Crippen molar-refractivity contribution >= 4 is 5.91 Å². The number of rotatable bonds is 5. The van der Waals surface area contributed by atoms with Crippen LogP contribution in [-0.4, -0.2) is 36.4 Å². The van der Waals surface area contributed by atoms with Crippen molar-refractivity contribution in [3.8, 4) is 0 Å². The van der Waals surface area contributed by atoms with E-state index in [1.807, 2.05) is 23.1 Å². The molecule has 2 bridgehead atoms. The van der Waals surface area contributed by atoms with Crippen LogP contribution in [-0.2, 0) is 10.2 Å². The number of carbonyl (C=O) groups is 1. The number of alkyl halides is 2. The number of piperidine rings is 1. The van der Waals surface area contributed by atoms with Crippen LogP contribution in [0, 0.1) is 22.7 Å².